The summed E-state index contributed by atoms with van der Waals surface area (Å²) in [5, 5.41) is 0. The van der Waals surface area contributed by atoms with Crippen LogP contribution in [0.4, 0.5) is 5.69 Å². The molecule has 0 saturated heterocycles. The van der Waals surface area contributed by atoms with Gasteiger partial charge in [0.15, 0.2) is 21.3 Å². The summed E-state index contributed by atoms with van der Waals surface area (Å²) < 4.78 is 35.6. The van der Waals surface area contributed by atoms with Crippen LogP contribution in [0.2, 0.25) is 0 Å². The molecule has 0 fully saturated rings. The molecule has 120 valence electrons. The monoisotopic (exact) mass is 331 g/mol. The number of hydrogen-bond acceptors (Lipinski definition) is 4. The van der Waals surface area contributed by atoms with Crippen LogP contribution >= 0.6 is 0 Å². The lowest BCUT2D eigenvalue weighted by Crippen LogP contribution is -2.06. The Morgan fingerprint density at radius 3 is 2.35 bits per heavy atom. The van der Waals surface area contributed by atoms with Crippen LogP contribution in [0.25, 0.3) is 4.85 Å². The van der Waals surface area contributed by atoms with Crippen molar-refractivity contribution in [2.45, 2.75) is 17.6 Å². The molecule has 0 unspecified atom stereocenters. The molecule has 0 radical (unpaired) electrons. The van der Waals surface area contributed by atoms with Crippen molar-refractivity contribution in [3.05, 3.63) is 58.9 Å². The van der Waals surface area contributed by atoms with Crippen LogP contribution in [0.5, 0.6) is 11.5 Å². The zero-order valence-electron chi connectivity index (χ0n) is 13.2. The lowest BCUT2D eigenvalue weighted by atomic mass is 10.2. The van der Waals surface area contributed by atoms with Gasteiger partial charge in [-0.05, 0) is 24.6 Å². The first-order valence-corrected chi connectivity index (χ1v) is 8.48. The molecule has 2 aromatic carbocycles. The summed E-state index contributed by atoms with van der Waals surface area (Å²) in [7, 11) is -0.618. The Balaban J connectivity index is 2.41. The Morgan fingerprint density at radius 1 is 1.04 bits per heavy atom. The van der Waals surface area contributed by atoms with Crippen molar-refractivity contribution in [1.29, 1.82) is 0 Å². The highest BCUT2D eigenvalue weighted by Crippen LogP contribution is 2.31. The number of benzene rings is 2. The van der Waals surface area contributed by atoms with Gasteiger partial charge in [0.25, 0.3) is 0 Å². The second-order valence-electron chi connectivity index (χ2n) is 5.03. The Kier molecular flexibility index (Phi) is 4.92. The molecule has 0 amide bonds. The van der Waals surface area contributed by atoms with Crippen LogP contribution in [0.1, 0.15) is 11.1 Å². The standard InChI is InChI=1S/C17H17NO4S/c1-12-5-8-17(14(9-12)18-2)23(19,20)11-13-6-7-15(21-3)16(10-13)22-4/h5-10H,11H2,1,3-4H3. The van der Waals surface area contributed by atoms with E-state index in [0.29, 0.717) is 17.1 Å². The summed E-state index contributed by atoms with van der Waals surface area (Å²) >= 11 is 0. The minimum absolute atomic E-state index is 0.0490. The van der Waals surface area contributed by atoms with Gasteiger partial charge in [0, 0.05) is 0 Å². The molecule has 0 atom stereocenters. The molecule has 0 saturated carbocycles. The fourth-order valence-corrected chi connectivity index (χ4v) is 3.72. The Morgan fingerprint density at radius 2 is 1.74 bits per heavy atom. The van der Waals surface area contributed by atoms with E-state index in [1.54, 1.807) is 30.3 Å². The maximum Gasteiger partial charge on any atom is 0.205 e. The summed E-state index contributed by atoms with van der Waals surface area (Å²) in [4.78, 5) is 3.38. The van der Waals surface area contributed by atoms with Gasteiger partial charge >= 0.3 is 0 Å². The molecule has 2 aromatic rings. The lowest BCUT2D eigenvalue weighted by Gasteiger charge is -2.11. The molecule has 0 bridgehead atoms. The van der Waals surface area contributed by atoms with Gasteiger partial charge in [-0.25, -0.2) is 13.3 Å². The van der Waals surface area contributed by atoms with Gasteiger partial charge in [-0.1, -0.05) is 29.8 Å². The maximum atomic E-state index is 12.6. The van der Waals surface area contributed by atoms with Gasteiger partial charge < -0.3 is 9.47 Å². The first-order valence-electron chi connectivity index (χ1n) is 6.83. The van der Waals surface area contributed by atoms with E-state index < -0.39 is 9.84 Å². The van der Waals surface area contributed by atoms with Crippen LogP contribution in [-0.4, -0.2) is 22.6 Å². The number of methoxy groups -OCH3 is 2. The van der Waals surface area contributed by atoms with Crippen molar-refractivity contribution in [3.8, 4) is 11.5 Å². The van der Waals surface area contributed by atoms with E-state index in [2.05, 4.69) is 4.85 Å². The van der Waals surface area contributed by atoms with Crippen LogP contribution in [0.15, 0.2) is 41.3 Å². The fraction of sp³-hybridized carbons (Fsp3) is 0.235. The molecular formula is C17H17NO4S. The maximum absolute atomic E-state index is 12.6. The molecule has 0 aliphatic carbocycles. The Hall–Kier alpha value is -2.52. The number of sulfone groups is 1. The van der Waals surface area contributed by atoms with Crippen molar-refractivity contribution in [2.24, 2.45) is 0 Å². The normalized spacial score (nSPS) is 10.9. The number of nitrogens with zero attached hydrogens (tertiary/aromatic N) is 1. The summed E-state index contributed by atoms with van der Waals surface area (Å²) in [6.45, 7) is 9.00. The van der Waals surface area contributed by atoms with Gasteiger partial charge in [0.05, 0.1) is 31.4 Å². The number of aryl methyl sites for hydroxylation is 1. The molecule has 5 nitrogen and oxygen atoms in total. The van der Waals surface area contributed by atoms with Crippen molar-refractivity contribution >= 4 is 15.5 Å². The zero-order valence-corrected chi connectivity index (χ0v) is 14.0. The highest BCUT2D eigenvalue weighted by molar-refractivity contribution is 7.90. The first-order chi connectivity index (χ1) is 10.9. The molecule has 0 N–H and O–H groups in total. The molecule has 6 heteroatoms. The Labute approximate surface area is 136 Å². The van der Waals surface area contributed by atoms with E-state index >= 15 is 0 Å². The molecule has 0 aliphatic heterocycles. The minimum atomic E-state index is -3.63. The largest absolute Gasteiger partial charge is 0.493 e. The van der Waals surface area contributed by atoms with Crippen molar-refractivity contribution in [2.75, 3.05) is 14.2 Å². The van der Waals surface area contributed by atoms with Gasteiger partial charge in [-0.3, -0.25) is 0 Å². The van der Waals surface area contributed by atoms with Crippen molar-refractivity contribution in [3.63, 3.8) is 0 Å². The smallest absolute Gasteiger partial charge is 0.205 e. The number of hydrogen-bond donors (Lipinski definition) is 0. The molecular weight excluding hydrogens is 314 g/mol. The van der Waals surface area contributed by atoms with Gasteiger partial charge in [0.1, 0.15) is 0 Å². The van der Waals surface area contributed by atoms with E-state index in [4.69, 9.17) is 16.0 Å². The second kappa shape index (κ2) is 6.71. The SMILES string of the molecule is [C-]#[N+]c1cc(C)ccc1S(=O)(=O)Cc1ccc(OC)c(OC)c1. The van der Waals surface area contributed by atoms with E-state index in [1.165, 1.54) is 20.3 Å². The van der Waals surface area contributed by atoms with Gasteiger partial charge in [0.2, 0.25) is 5.69 Å². The fourth-order valence-electron chi connectivity index (χ4n) is 2.25. The third-order valence-corrected chi connectivity index (χ3v) is 5.10. The average molecular weight is 331 g/mol. The van der Waals surface area contributed by atoms with E-state index in [1.807, 2.05) is 6.92 Å². The predicted octanol–water partition coefficient (Wildman–Crippen LogP) is 3.54. The second-order valence-corrected chi connectivity index (χ2v) is 6.99. The first kappa shape index (κ1) is 16.8. The van der Waals surface area contributed by atoms with Crippen molar-refractivity contribution in [1.82, 2.24) is 0 Å². The number of ether oxygens (including phenoxy) is 2. The molecule has 0 spiro atoms. The third kappa shape index (κ3) is 3.63. The minimum Gasteiger partial charge on any atom is -0.493 e. The highest BCUT2D eigenvalue weighted by atomic mass is 32.2. The summed E-state index contributed by atoms with van der Waals surface area (Å²) in [6.07, 6.45) is 0. The van der Waals surface area contributed by atoms with Crippen LogP contribution in [0.3, 0.4) is 0 Å². The quantitative estimate of drug-likeness (QED) is 0.786. The lowest BCUT2D eigenvalue weighted by molar-refractivity contribution is 0.354. The third-order valence-electron chi connectivity index (χ3n) is 3.37. The van der Waals surface area contributed by atoms with Gasteiger partial charge in [-0.15, -0.1) is 0 Å². The van der Waals surface area contributed by atoms with Gasteiger partial charge in [-0.2, -0.15) is 0 Å². The molecule has 23 heavy (non-hydrogen) atoms. The summed E-state index contributed by atoms with van der Waals surface area (Å²) in [5.41, 5.74) is 1.56. The summed E-state index contributed by atoms with van der Waals surface area (Å²) in [5.74, 6) is 0.791. The highest BCUT2D eigenvalue weighted by Gasteiger charge is 2.20. The van der Waals surface area contributed by atoms with E-state index in [0.717, 1.165) is 5.56 Å². The number of rotatable bonds is 5. The summed E-state index contributed by atoms with van der Waals surface area (Å²) in [6, 6.07) is 9.71. The zero-order chi connectivity index (χ0) is 17.0. The average Bonchev–Trinajstić information content (AvgIpc) is 2.53. The van der Waals surface area contributed by atoms with Crippen molar-refractivity contribution < 1.29 is 17.9 Å². The van der Waals surface area contributed by atoms with Crippen LogP contribution < -0.4 is 9.47 Å². The molecule has 2 rings (SSSR count). The van der Waals surface area contributed by atoms with Crippen LogP contribution in [0, 0.1) is 13.5 Å². The molecule has 0 aromatic heterocycles. The predicted molar refractivity (Wildman–Crippen MR) is 87.9 cm³/mol. The molecule has 0 aliphatic rings. The van der Waals surface area contributed by atoms with E-state index in [-0.39, 0.29) is 16.3 Å². The Bertz CT molecular complexity index is 867. The van der Waals surface area contributed by atoms with E-state index in [9.17, 15) is 8.42 Å². The molecule has 0 heterocycles. The van der Waals surface area contributed by atoms with Crippen LogP contribution in [-0.2, 0) is 15.6 Å². The topological polar surface area (TPSA) is 57.0 Å².